The van der Waals surface area contributed by atoms with Crippen molar-refractivity contribution in [3.63, 3.8) is 0 Å². The molecule has 8 heterocycles. The number of likely N-dealkylation sites (N-methyl/N-ethyl adjacent to an activating group) is 4. The summed E-state index contributed by atoms with van der Waals surface area (Å²) in [7, 11) is 6.25. The summed E-state index contributed by atoms with van der Waals surface area (Å²) in [5.74, 6) is 4.44. The van der Waals surface area contributed by atoms with Crippen LogP contribution in [-0.2, 0) is 33.4 Å². The molecule has 0 saturated carbocycles. The maximum absolute atomic E-state index is 12.4. The van der Waals surface area contributed by atoms with Crippen LogP contribution in [0.3, 0.4) is 0 Å². The second kappa shape index (κ2) is 53.5. The number of benzene rings is 4. The van der Waals surface area contributed by atoms with Crippen molar-refractivity contribution in [3.05, 3.63) is 206 Å². The Kier molecular flexibility index (Phi) is 42.1. The first-order valence-corrected chi connectivity index (χ1v) is 46.4. The van der Waals surface area contributed by atoms with Gasteiger partial charge in [-0.1, -0.05) is 173 Å². The minimum atomic E-state index is -1.06. The molecule has 0 saturated heterocycles. The van der Waals surface area contributed by atoms with E-state index in [-0.39, 0.29) is 56.0 Å². The summed E-state index contributed by atoms with van der Waals surface area (Å²) in [4.78, 5) is 143. The molecule has 12 rings (SSSR count). The van der Waals surface area contributed by atoms with Crippen molar-refractivity contribution < 1.29 is 67.1 Å². The molecule has 12 aromatic rings. The number of anilines is 8. The zero-order valence-corrected chi connectivity index (χ0v) is 82.7. The van der Waals surface area contributed by atoms with Crippen molar-refractivity contribution in [2.24, 2.45) is 5.73 Å². The fourth-order valence-corrected chi connectivity index (χ4v) is 14.4. The molecule has 0 radical (unpaired) electrons. The highest BCUT2D eigenvalue weighted by Gasteiger charge is 2.29. The molecule has 136 heavy (non-hydrogen) atoms. The van der Waals surface area contributed by atoms with E-state index in [1.54, 1.807) is 157 Å². The highest BCUT2D eigenvalue weighted by molar-refractivity contribution is 7.20. The van der Waals surface area contributed by atoms with Gasteiger partial charge in [-0.25, -0.2) is 54.3 Å². The summed E-state index contributed by atoms with van der Waals surface area (Å²) in [6.45, 7) is 28.4. The number of aliphatic carboxylic acids is 1. The first-order valence-electron chi connectivity index (χ1n) is 43.1. The second-order valence-electron chi connectivity index (χ2n) is 31.7. The van der Waals surface area contributed by atoms with Gasteiger partial charge in [-0.05, 0) is 139 Å². The lowest BCUT2D eigenvalue weighted by Gasteiger charge is -2.28. The van der Waals surface area contributed by atoms with Crippen LogP contribution >= 0.6 is 45.3 Å². The summed E-state index contributed by atoms with van der Waals surface area (Å²) in [6.07, 6.45) is 9.19. The summed E-state index contributed by atoms with van der Waals surface area (Å²) < 4.78 is 32.8. The Morgan fingerprint density at radius 2 is 0.684 bits per heavy atom. The predicted octanol–water partition coefficient (Wildman–Crippen LogP) is 15.0. The number of nitrogens with one attached hydrogen (secondary N) is 8. The van der Waals surface area contributed by atoms with Gasteiger partial charge in [0.25, 0.3) is 0 Å². The number of aromatic nitrogens is 12. The maximum Gasteiger partial charge on any atom is 0.410 e. The standard InChI is InChI=1S/C25H32N6O4S.C24H28N6O3S.C20H24N6O2S.C16H17N5OS.C9H17NO4/c1-16(31(6)24(33)35-25(3,4)5)22(32)26-12-13-34-21-14-20(28-17(2)29-21)30-23-27-15-19(36-23)18-10-8-7-9-11-18;1-5-9-22(31)30(4)16(2)23(32)25-12-13-33-21-14-20(27-17(3)28-21)29-24-26-15-19(34-24)18-10-7-6-8-11-18;1-13(21-3)19(27)22-9-10-28-18-11-17(24-14(2)25-18)26-20-23-12-16(29-20)15-7-5-4-6-8-15;1-11-19-14(9-15(20-11)22-8-7-17)21-16-18-10-13(23-16)12-5-3-2-4-6-12;1-6(7(11)12)10(5)8(13)14-9(2,3)4/h7-11,14-16H,12-13H2,1-6H3,(H,26,32)(H,27,28,29,30);5-11,14-16H,12-13H2,1-4H3,(H,25,32)(H,26,27,28,29);4-8,11-13,21H,9-10H2,1-3H3,(H,22,27)(H,23,24,25,26);2-6,9-10H,7-8,17H2,1H3,(H,18,19,20,21);6H,1-5H3,(H,11,12)/b;9-5+;;;/t2*16-;13-;;6-/m000.0/s1. The molecule has 11 N–H and O–H groups in total. The highest BCUT2D eigenvalue weighted by Crippen LogP contribution is 2.36. The summed E-state index contributed by atoms with van der Waals surface area (Å²) in [5.41, 5.74) is 8.66. The number of aryl methyl sites for hydroxylation is 4. The number of carbonyl (C=O) groups excluding carboxylic acids is 6. The third-order valence-electron chi connectivity index (χ3n) is 18.5. The Morgan fingerprint density at radius 1 is 0.412 bits per heavy atom. The van der Waals surface area contributed by atoms with Crippen molar-refractivity contribution in [2.45, 2.75) is 139 Å². The lowest BCUT2D eigenvalue weighted by Crippen LogP contribution is -2.48. The first-order chi connectivity index (χ1) is 64.8. The number of allylic oxidation sites excluding steroid dienone is 1. The minimum absolute atomic E-state index is 0.0738. The molecular weight excluding hydrogens is 1820 g/mol. The van der Waals surface area contributed by atoms with Gasteiger partial charge in [0.1, 0.15) is 102 Å². The van der Waals surface area contributed by atoms with Crippen LogP contribution in [0, 0.1) is 27.7 Å². The fourth-order valence-electron chi connectivity index (χ4n) is 11.1. The quantitative estimate of drug-likeness (QED) is 0.0129. The van der Waals surface area contributed by atoms with Crippen LogP contribution in [0.25, 0.3) is 41.8 Å². The molecule has 0 unspecified atom stereocenters. The molecule has 4 aromatic carbocycles. The number of hydrogen-bond acceptors (Lipinski definition) is 35. The van der Waals surface area contributed by atoms with Crippen molar-refractivity contribution in [1.82, 2.24) is 95.8 Å². The van der Waals surface area contributed by atoms with Crippen LogP contribution in [0.1, 0.15) is 99.5 Å². The van der Waals surface area contributed by atoms with E-state index in [2.05, 4.69) is 114 Å². The van der Waals surface area contributed by atoms with Crippen molar-refractivity contribution >= 4 is 131 Å². The Labute approximate surface area is 807 Å². The van der Waals surface area contributed by atoms with E-state index in [0.29, 0.717) is 107 Å². The van der Waals surface area contributed by atoms with E-state index in [0.717, 1.165) is 56.9 Å². The van der Waals surface area contributed by atoms with Crippen LogP contribution in [-0.4, -0.2) is 238 Å². The average molecular weight is 1940 g/mol. The summed E-state index contributed by atoms with van der Waals surface area (Å²) in [6, 6.07) is 44.7. The lowest BCUT2D eigenvalue weighted by atomic mass is 10.2. The Balaban J connectivity index is 0.000000215. The molecule has 38 nitrogen and oxygen atoms in total. The number of nitrogens with two attached hydrogens (primary N) is 1. The van der Waals surface area contributed by atoms with Gasteiger partial charge in [-0.15, -0.1) is 0 Å². The topological polar surface area (TPSA) is 482 Å². The van der Waals surface area contributed by atoms with Gasteiger partial charge >= 0.3 is 18.2 Å². The van der Waals surface area contributed by atoms with E-state index in [9.17, 15) is 33.6 Å². The molecule has 6 amide bonds. The third kappa shape index (κ3) is 36.9. The zero-order chi connectivity index (χ0) is 99.0. The van der Waals surface area contributed by atoms with Gasteiger partial charge in [0.15, 0.2) is 20.5 Å². The molecule has 0 aliphatic heterocycles. The second-order valence-corrected chi connectivity index (χ2v) is 35.8. The summed E-state index contributed by atoms with van der Waals surface area (Å²) in [5, 5.41) is 35.6. The fraction of sp³-hybridized carbons (Fsp3) is 0.351. The first kappa shape index (κ1) is 107. The Bertz CT molecular complexity index is 5850. The number of carboxylic acid groups (broad SMARTS) is 1. The number of nitrogens with zero attached hydrogens (tertiary/aromatic N) is 15. The summed E-state index contributed by atoms with van der Waals surface area (Å²) >= 11 is 6.16. The van der Waals surface area contributed by atoms with Crippen LogP contribution in [0.2, 0.25) is 0 Å². The van der Waals surface area contributed by atoms with Crippen LogP contribution in [0.5, 0.6) is 23.5 Å². The number of amides is 6. The molecule has 0 aliphatic rings. The Morgan fingerprint density at radius 3 is 0.949 bits per heavy atom. The molecule has 0 spiro atoms. The monoisotopic (exact) mass is 1930 g/mol. The van der Waals surface area contributed by atoms with Crippen molar-refractivity contribution in [2.75, 3.05) is 102 Å². The number of hydrogen-bond donors (Lipinski definition) is 10. The number of thiazole rings is 4. The van der Waals surface area contributed by atoms with E-state index >= 15 is 0 Å². The van der Waals surface area contributed by atoms with Gasteiger partial charge in [0.05, 0.1) is 45.2 Å². The maximum atomic E-state index is 12.4. The predicted molar refractivity (Wildman–Crippen MR) is 531 cm³/mol. The van der Waals surface area contributed by atoms with Crippen LogP contribution < -0.4 is 67.2 Å². The van der Waals surface area contributed by atoms with Gasteiger partial charge in [0.2, 0.25) is 47.1 Å². The van der Waals surface area contributed by atoms with Gasteiger partial charge < -0.3 is 86.7 Å². The molecule has 0 fully saturated rings. The Hall–Kier alpha value is -14.3. The normalized spacial score (nSPS) is 11.7. The van der Waals surface area contributed by atoms with Gasteiger partial charge in [-0.3, -0.25) is 29.0 Å². The largest absolute Gasteiger partial charge is 0.480 e. The number of carbonyl (C=O) groups is 7. The molecule has 0 bridgehead atoms. The van der Waals surface area contributed by atoms with E-state index in [4.69, 9.17) is 39.3 Å². The third-order valence-corrected chi connectivity index (χ3v) is 22.3. The molecule has 4 atom stereocenters. The molecule has 8 aromatic heterocycles. The average Bonchev–Trinajstić information content (AvgIpc) is 1.70. The minimum Gasteiger partial charge on any atom is -0.480 e. The molecule has 0 aliphatic carbocycles. The van der Waals surface area contributed by atoms with Crippen molar-refractivity contribution in [3.8, 4) is 65.3 Å². The van der Waals surface area contributed by atoms with E-state index in [1.165, 1.54) is 59.6 Å². The van der Waals surface area contributed by atoms with Crippen LogP contribution in [0.15, 0.2) is 183 Å². The number of ether oxygens (including phenoxy) is 6. The van der Waals surface area contributed by atoms with Crippen molar-refractivity contribution in [1.29, 1.82) is 0 Å². The number of rotatable bonds is 36. The highest BCUT2D eigenvalue weighted by atomic mass is 32.1. The smallest absolute Gasteiger partial charge is 0.410 e. The lowest BCUT2D eigenvalue weighted by molar-refractivity contribution is -0.142. The van der Waals surface area contributed by atoms with Gasteiger partial charge in [0, 0.05) is 76.7 Å². The SMILES string of the molecule is C/C=C/C(=O)N(C)[C@@H](C)C(=O)NCCOc1cc(Nc2ncc(-c3ccccc3)s2)nc(C)n1.CN[C@@H](C)C(=O)NCCOc1cc(Nc2ncc(-c3ccccc3)s2)nc(C)n1.C[C@@H](C(=O)O)N(C)C(=O)OC(C)(C)C.Cc1nc(Nc2ncc(-c3ccccc3)s2)cc(OCCN)n1.Cc1nc(Nc2ncc(-c3ccccc3)s2)cc(OCCNC(=O)[C@H](C)N(C)C(=O)OC(C)(C)C)n1. The molecule has 42 heteroatoms. The zero-order valence-electron chi connectivity index (χ0n) is 79.5. The van der Waals surface area contributed by atoms with Crippen LogP contribution in [0.4, 0.5) is 53.4 Å². The van der Waals surface area contributed by atoms with E-state index in [1.807, 2.05) is 141 Å². The molecule has 722 valence electrons. The number of carboxylic acids is 1. The van der Waals surface area contributed by atoms with Gasteiger partial charge in [-0.2, -0.15) is 19.9 Å². The van der Waals surface area contributed by atoms with E-state index < -0.39 is 47.5 Å². The molecular formula is C94H118N24O14S4.